The summed E-state index contributed by atoms with van der Waals surface area (Å²) >= 11 is 3.36. The van der Waals surface area contributed by atoms with Crippen LogP contribution < -0.4 is 5.73 Å². The summed E-state index contributed by atoms with van der Waals surface area (Å²) in [4.78, 5) is 16.9. The lowest BCUT2D eigenvalue weighted by Gasteiger charge is -2.26. The van der Waals surface area contributed by atoms with E-state index in [1.165, 1.54) is 9.75 Å². The van der Waals surface area contributed by atoms with Crippen LogP contribution in [0.2, 0.25) is 0 Å². The van der Waals surface area contributed by atoms with Crippen LogP contribution in [0.4, 0.5) is 0 Å². The van der Waals surface area contributed by atoms with Crippen molar-refractivity contribution in [1.82, 2.24) is 4.90 Å². The van der Waals surface area contributed by atoms with E-state index in [0.29, 0.717) is 13.1 Å². The number of carbonyl (C=O) groups excluding carboxylic acids is 1. The van der Waals surface area contributed by atoms with E-state index in [2.05, 4.69) is 12.1 Å². The first-order valence-corrected chi connectivity index (χ1v) is 8.43. The third kappa shape index (κ3) is 5.11. The van der Waals surface area contributed by atoms with Gasteiger partial charge in [0.15, 0.2) is 0 Å². The van der Waals surface area contributed by atoms with E-state index >= 15 is 0 Å². The Labute approximate surface area is 140 Å². The highest BCUT2D eigenvalue weighted by Crippen LogP contribution is 2.19. The molecule has 21 heavy (non-hydrogen) atoms. The molecule has 116 valence electrons. The molecule has 2 unspecified atom stereocenters. The molecule has 2 N–H and O–H groups in total. The second-order valence-corrected chi connectivity index (χ2v) is 7.07. The Morgan fingerprint density at radius 1 is 1.14 bits per heavy atom. The van der Waals surface area contributed by atoms with Gasteiger partial charge in [-0.3, -0.25) is 4.79 Å². The number of carbonyl (C=O) groups is 1. The maximum Gasteiger partial charge on any atom is 0.227 e. The predicted octanol–water partition coefficient (Wildman–Crippen LogP) is 3.74. The van der Waals surface area contributed by atoms with E-state index < -0.39 is 0 Å². The summed E-state index contributed by atoms with van der Waals surface area (Å²) in [6.07, 6.45) is 0. The highest BCUT2D eigenvalue weighted by molar-refractivity contribution is 7.10. The quantitative estimate of drug-likeness (QED) is 0.867. The zero-order valence-corrected chi connectivity index (χ0v) is 14.6. The Hall–Kier alpha value is -0.880. The lowest BCUT2D eigenvalue weighted by molar-refractivity contribution is -0.136. The van der Waals surface area contributed by atoms with Gasteiger partial charge in [-0.05, 0) is 29.8 Å². The fourth-order valence-electron chi connectivity index (χ4n) is 1.91. The second kappa shape index (κ2) is 8.54. The van der Waals surface area contributed by atoms with Gasteiger partial charge in [-0.15, -0.1) is 35.1 Å². The normalized spacial score (nSPS) is 13.3. The number of nitrogens with two attached hydrogens (primary N) is 1. The van der Waals surface area contributed by atoms with Gasteiger partial charge in [0.2, 0.25) is 5.91 Å². The molecular formula is C15H21ClN2OS2. The fourth-order valence-corrected chi connectivity index (χ4v) is 3.34. The van der Waals surface area contributed by atoms with E-state index in [1.54, 1.807) is 22.7 Å². The van der Waals surface area contributed by atoms with Gasteiger partial charge in [0.1, 0.15) is 0 Å². The van der Waals surface area contributed by atoms with Gasteiger partial charge in [-0.1, -0.05) is 19.1 Å². The molecule has 0 saturated heterocycles. The average molecular weight is 345 g/mol. The van der Waals surface area contributed by atoms with Crippen LogP contribution in [0.3, 0.4) is 0 Å². The average Bonchev–Trinajstić information content (AvgIpc) is 3.09. The summed E-state index contributed by atoms with van der Waals surface area (Å²) in [5.74, 6) is -0.0308. The number of halogens is 1. The molecule has 6 heteroatoms. The molecule has 2 aromatic rings. The predicted molar refractivity (Wildman–Crippen MR) is 93.0 cm³/mol. The molecule has 0 aliphatic carbocycles. The van der Waals surface area contributed by atoms with Crippen molar-refractivity contribution in [2.24, 2.45) is 11.7 Å². The van der Waals surface area contributed by atoms with E-state index in [1.807, 2.05) is 41.6 Å². The second-order valence-electron chi connectivity index (χ2n) is 5.00. The number of hydrogen-bond acceptors (Lipinski definition) is 4. The first-order valence-electron chi connectivity index (χ1n) is 6.67. The summed E-state index contributed by atoms with van der Waals surface area (Å²) in [7, 11) is 0. The molecule has 0 spiro atoms. The molecule has 0 radical (unpaired) electrons. The number of nitrogens with zero attached hydrogens (tertiary/aromatic N) is 1. The smallest absolute Gasteiger partial charge is 0.227 e. The summed E-state index contributed by atoms with van der Waals surface area (Å²) in [6, 6.07) is 8.04. The van der Waals surface area contributed by atoms with Gasteiger partial charge in [-0.2, -0.15) is 0 Å². The van der Waals surface area contributed by atoms with Crippen molar-refractivity contribution in [2.45, 2.75) is 33.0 Å². The van der Waals surface area contributed by atoms with Crippen LogP contribution in [-0.4, -0.2) is 16.8 Å². The fraction of sp³-hybridized carbons (Fsp3) is 0.400. The van der Waals surface area contributed by atoms with Crippen LogP contribution >= 0.6 is 35.1 Å². The summed E-state index contributed by atoms with van der Waals surface area (Å²) in [5.41, 5.74) is 5.88. The largest absolute Gasteiger partial charge is 0.332 e. The number of amides is 1. The van der Waals surface area contributed by atoms with Crippen LogP contribution in [-0.2, 0) is 17.9 Å². The maximum absolute atomic E-state index is 12.6. The minimum Gasteiger partial charge on any atom is -0.332 e. The first kappa shape index (κ1) is 18.2. The number of rotatable bonds is 6. The first-order chi connectivity index (χ1) is 9.58. The Kier molecular flexibility index (Phi) is 7.39. The van der Waals surface area contributed by atoms with Crippen molar-refractivity contribution >= 4 is 41.0 Å². The summed E-state index contributed by atoms with van der Waals surface area (Å²) in [5, 5.41) is 4.08. The van der Waals surface area contributed by atoms with Crippen LogP contribution in [0.15, 0.2) is 35.0 Å². The maximum atomic E-state index is 12.6. The molecular weight excluding hydrogens is 324 g/mol. The Morgan fingerprint density at radius 2 is 1.62 bits per heavy atom. The SMILES string of the molecule is CC(N)C(C)C(=O)N(Cc1cccs1)Cc1cccs1.Cl. The van der Waals surface area contributed by atoms with Crippen molar-refractivity contribution in [1.29, 1.82) is 0 Å². The molecule has 0 aliphatic heterocycles. The van der Waals surface area contributed by atoms with Crippen molar-refractivity contribution < 1.29 is 4.79 Å². The molecule has 0 aliphatic rings. The molecule has 0 bridgehead atoms. The third-order valence-electron chi connectivity index (χ3n) is 3.34. The molecule has 0 saturated carbocycles. The van der Waals surface area contributed by atoms with E-state index in [0.717, 1.165) is 0 Å². The van der Waals surface area contributed by atoms with E-state index in [9.17, 15) is 4.79 Å². The van der Waals surface area contributed by atoms with Crippen molar-refractivity contribution in [2.75, 3.05) is 0 Å². The van der Waals surface area contributed by atoms with Crippen molar-refractivity contribution in [3.63, 3.8) is 0 Å². The monoisotopic (exact) mass is 344 g/mol. The molecule has 0 fully saturated rings. The Balaban J connectivity index is 0.00000220. The van der Waals surface area contributed by atoms with Gasteiger partial charge in [0.25, 0.3) is 0 Å². The van der Waals surface area contributed by atoms with Crippen LogP contribution in [0.5, 0.6) is 0 Å². The van der Waals surface area contributed by atoms with E-state index in [-0.39, 0.29) is 30.3 Å². The molecule has 2 atom stereocenters. The highest BCUT2D eigenvalue weighted by Gasteiger charge is 2.24. The Bertz CT molecular complexity index is 490. The molecule has 0 aromatic carbocycles. The van der Waals surface area contributed by atoms with E-state index in [4.69, 9.17) is 5.73 Å². The molecule has 2 heterocycles. The number of thiophene rings is 2. The van der Waals surface area contributed by atoms with Crippen LogP contribution in [0, 0.1) is 5.92 Å². The third-order valence-corrected chi connectivity index (χ3v) is 5.07. The van der Waals surface area contributed by atoms with Crippen LogP contribution in [0.1, 0.15) is 23.6 Å². The van der Waals surface area contributed by atoms with Gasteiger partial charge in [0, 0.05) is 15.8 Å². The number of hydrogen-bond donors (Lipinski definition) is 1. The topological polar surface area (TPSA) is 46.3 Å². The summed E-state index contributed by atoms with van der Waals surface area (Å²) < 4.78 is 0. The van der Waals surface area contributed by atoms with Gasteiger partial charge >= 0.3 is 0 Å². The minimum atomic E-state index is -0.157. The van der Waals surface area contributed by atoms with Gasteiger partial charge in [0.05, 0.1) is 19.0 Å². The molecule has 3 nitrogen and oxygen atoms in total. The molecule has 2 aromatic heterocycles. The standard InChI is InChI=1S/C15H20N2OS2.ClH/c1-11(12(2)16)15(18)17(9-13-5-3-7-19-13)10-14-6-4-8-20-14;/h3-8,11-12H,9-10,16H2,1-2H3;1H. The van der Waals surface area contributed by atoms with Crippen molar-refractivity contribution in [3.05, 3.63) is 44.8 Å². The molecule has 2 rings (SSSR count). The highest BCUT2D eigenvalue weighted by atomic mass is 35.5. The zero-order valence-electron chi connectivity index (χ0n) is 12.2. The lowest BCUT2D eigenvalue weighted by atomic mass is 10.0. The van der Waals surface area contributed by atoms with Crippen molar-refractivity contribution in [3.8, 4) is 0 Å². The summed E-state index contributed by atoms with van der Waals surface area (Å²) in [6.45, 7) is 5.11. The Morgan fingerprint density at radius 3 is 1.95 bits per heavy atom. The van der Waals surface area contributed by atoms with Crippen LogP contribution in [0.25, 0.3) is 0 Å². The van der Waals surface area contributed by atoms with Gasteiger partial charge in [-0.25, -0.2) is 0 Å². The molecule has 1 amide bonds. The minimum absolute atomic E-state index is 0. The zero-order chi connectivity index (χ0) is 14.5. The lowest BCUT2D eigenvalue weighted by Crippen LogP contribution is -2.40. The van der Waals surface area contributed by atoms with Gasteiger partial charge < -0.3 is 10.6 Å².